The van der Waals surface area contributed by atoms with Gasteiger partial charge in [-0.05, 0) is 68.3 Å². The van der Waals surface area contributed by atoms with Crippen LogP contribution in [0.15, 0.2) is 48.5 Å². The fourth-order valence-corrected chi connectivity index (χ4v) is 6.42. The predicted octanol–water partition coefficient (Wildman–Crippen LogP) is 4.99. The van der Waals surface area contributed by atoms with Crippen molar-refractivity contribution in [2.45, 2.75) is 26.3 Å². The molecule has 1 atom stereocenters. The van der Waals surface area contributed by atoms with Crippen LogP contribution < -0.4 is 10.1 Å². The van der Waals surface area contributed by atoms with Crippen molar-refractivity contribution in [3.05, 3.63) is 70.4 Å². The highest BCUT2D eigenvalue weighted by Gasteiger charge is 2.32. The molecule has 0 saturated carbocycles. The molecule has 1 aliphatic rings. The summed E-state index contributed by atoms with van der Waals surface area (Å²) in [4.78, 5) is 18.5. The van der Waals surface area contributed by atoms with Crippen LogP contribution in [0.25, 0.3) is 22.3 Å². The van der Waals surface area contributed by atoms with Crippen molar-refractivity contribution >= 4 is 44.1 Å². The van der Waals surface area contributed by atoms with E-state index < -0.39 is 9.84 Å². The number of amides is 1. The summed E-state index contributed by atoms with van der Waals surface area (Å²) < 4.78 is 31.3. The average molecular weight is 525 g/mol. The Kier molecular flexibility index (Phi) is 6.22. The van der Waals surface area contributed by atoms with Gasteiger partial charge in [0.2, 0.25) is 0 Å². The summed E-state index contributed by atoms with van der Waals surface area (Å²) >= 11 is 6.26. The number of carbonyl (C=O) groups excluding carboxylic acids is 1. The number of benzene rings is 2. The van der Waals surface area contributed by atoms with Crippen LogP contribution in [0.4, 0.5) is 5.69 Å². The second-order valence-corrected chi connectivity index (χ2v) is 11.6. The van der Waals surface area contributed by atoms with E-state index in [-0.39, 0.29) is 23.5 Å². The van der Waals surface area contributed by atoms with E-state index in [0.717, 1.165) is 11.1 Å². The number of nitrogens with one attached hydrogen (secondary N) is 1. The Balaban J connectivity index is 1.68. The van der Waals surface area contributed by atoms with E-state index in [0.29, 0.717) is 50.9 Å². The van der Waals surface area contributed by atoms with Crippen molar-refractivity contribution in [1.82, 2.24) is 14.8 Å². The number of fused-ring (bicyclic) bond motifs is 1. The monoisotopic (exact) mass is 524 g/mol. The van der Waals surface area contributed by atoms with Crippen LogP contribution in [0.3, 0.4) is 0 Å². The molecule has 0 bridgehead atoms. The standard InChI is InChI=1S/C26H25ClN4O4S/c1-15-21(27)5-4-6-22(15)29-26(32)20-13-23(17-7-9-19(35-3)10-8-17)28-25-24(20)16(2)30-31(25)18-11-12-36(33,34)14-18/h4-10,13,18H,11-12,14H2,1-3H3,(H,29,32). The van der Waals surface area contributed by atoms with Crippen molar-refractivity contribution in [3.63, 3.8) is 0 Å². The molecule has 1 amide bonds. The second-order valence-electron chi connectivity index (χ2n) is 8.94. The largest absolute Gasteiger partial charge is 0.497 e. The van der Waals surface area contributed by atoms with E-state index in [1.807, 2.05) is 31.2 Å². The Bertz CT molecular complexity index is 1600. The normalized spacial score (nSPS) is 16.8. The SMILES string of the molecule is COc1ccc(-c2cc(C(=O)Nc3cccc(Cl)c3C)c3c(C)nn(C4CCS(=O)(=O)C4)c3n2)cc1. The molecule has 1 unspecified atom stereocenters. The first-order valence-electron chi connectivity index (χ1n) is 11.5. The van der Waals surface area contributed by atoms with Crippen molar-refractivity contribution in [2.24, 2.45) is 0 Å². The van der Waals surface area contributed by atoms with Crippen molar-refractivity contribution in [1.29, 1.82) is 0 Å². The number of rotatable bonds is 5. The van der Waals surface area contributed by atoms with Gasteiger partial charge in [-0.1, -0.05) is 17.7 Å². The molecule has 0 aliphatic carbocycles. The Morgan fingerprint density at radius 1 is 1.17 bits per heavy atom. The van der Waals surface area contributed by atoms with Gasteiger partial charge in [-0.25, -0.2) is 18.1 Å². The smallest absolute Gasteiger partial charge is 0.256 e. The van der Waals surface area contributed by atoms with Crippen LogP contribution in [0.1, 0.15) is 34.1 Å². The van der Waals surface area contributed by atoms with E-state index >= 15 is 0 Å². The van der Waals surface area contributed by atoms with Crippen molar-refractivity contribution < 1.29 is 17.9 Å². The minimum Gasteiger partial charge on any atom is -0.497 e. The molecule has 5 rings (SSSR count). The molecule has 4 aromatic rings. The third kappa shape index (κ3) is 4.44. The molecule has 2 aromatic heterocycles. The molecule has 2 aromatic carbocycles. The molecule has 1 saturated heterocycles. The van der Waals surface area contributed by atoms with E-state index in [4.69, 9.17) is 21.3 Å². The molecule has 186 valence electrons. The Labute approximate surface area is 214 Å². The van der Waals surface area contributed by atoms with E-state index in [2.05, 4.69) is 10.4 Å². The first-order chi connectivity index (χ1) is 17.2. The van der Waals surface area contributed by atoms with Gasteiger partial charge in [0.15, 0.2) is 15.5 Å². The van der Waals surface area contributed by atoms with Crippen molar-refractivity contribution in [2.75, 3.05) is 23.9 Å². The number of methoxy groups -OCH3 is 1. The van der Waals surface area contributed by atoms with Gasteiger partial charge in [0.05, 0.1) is 47.0 Å². The van der Waals surface area contributed by atoms with Gasteiger partial charge < -0.3 is 10.1 Å². The number of pyridine rings is 1. The lowest BCUT2D eigenvalue weighted by molar-refractivity contribution is 0.102. The second kappa shape index (κ2) is 9.22. The molecule has 8 nitrogen and oxygen atoms in total. The third-order valence-electron chi connectivity index (χ3n) is 6.54. The maximum absolute atomic E-state index is 13.6. The number of hydrogen-bond acceptors (Lipinski definition) is 6. The molecule has 10 heteroatoms. The zero-order valence-corrected chi connectivity index (χ0v) is 21.7. The fourth-order valence-electron chi connectivity index (χ4n) is 4.56. The molecular weight excluding hydrogens is 500 g/mol. The number of carbonyl (C=O) groups is 1. The summed E-state index contributed by atoms with van der Waals surface area (Å²) in [5.41, 5.74) is 4.21. The van der Waals surface area contributed by atoms with Gasteiger partial charge in [-0.15, -0.1) is 0 Å². The Hall–Kier alpha value is -3.43. The van der Waals surface area contributed by atoms with Crippen LogP contribution in [-0.4, -0.2) is 47.7 Å². The summed E-state index contributed by atoms with van der Waals surface area (Å²) in [7, 11) is -1.55. The molecule has 1 fully saturated rings. The summed E-state index contributed by atoms with van der Waals surface area (Å²) in [5.74, 6) is 0.480. The summed E-state index contributed by atoms with van der Waals surface area (Å²) in [5, 5.41) is 8.77. The molecule has 3 heterocycles. The van der Waals surface area contributed by atoms with Gasteiger partial charge in [0, 0.05) is 16.3 Å². The van der Waals surface area contributed by atoms with E-state index in [9.17, 15) is 13.2 Å². The summed E-state index contributed by atoms with van der Waals surface area (Å²) in [6.07, 6.45) is 0.455. The number of ether oxygens (including phenoxy) is 1. The molecule has 36 heavy (non-hydrogen) atoms. The van der Waals surface area contributed by atoms with E-state index in [1.165, 1.54) is 0 Å². The van der Waals surface area contributed by atoms with Crippen LogP contribution >= 0.6 is 11.6 Å². The van der Waals surface area contributed by atoms with Gasteiger partial charge in [0.25, 0.3) is 5.91 Å². The van der Waals surface area contributed by atoms with E-state index in [1.54, 1.807) is 43.0 Å². The van der Waals surface area contributed by atoms with Crippen LogP contribution in [-0.2, 0) is 9.84 Å². The zero-order valence-electron chi connectivity index (χ0n) is 20.1. The third-order valence-corrected chi connectivity index (χ3v) is 8.70. The maximum Gasteiger partial charge on any atom is 0.256 e. The highest BCUT2D eigenvalue weighted by Crippen LogP contribution is 2.33. The number of aryl methyl sites for hydroxylation is 1. The lowest BCUT2D eigenvalue weighted by atomic mass is 10.0. The maximum atomic E-state index is 13.6. The van der Waals surface area contributed by atoms with Gasteiger partial charge in [-0.3, -0.25) is 4.79 Å². The zero-order chi connectivity index (χ0) is 25.6. The van der Waals surface area contributed by atoms with Crippen molar-refractivity contribution in [3.8, 4) is 17.0 Å². The number of anilines is 1. The number of sulfone groups is 1. The lowest BCUT2D eigenvalue weighted by Crippen LogP contribution is -2.15. The predicted molar refractivity (Wildman–Crippen MR) is 141 cm³/mol. The van der Waals surface area contributed by atoms with Crippen LogP contribution in [0.2, 0.25) is 5.02 Å². The van der Waals surface area contributed by atoms with Gasteiger partial charge in [-0.2, -0.15) is 5.10 Å². The minimum atomic E-state index is -3.14. The van der Waals surface area contributed by atoms with Crippen LogP contribution in [0, 0.1) is 13.8 Å². The minimum absolute atomic E-state index is 0.000895. The van der Waals surface area contributed by atoms with Crippen LogP contribution in [0.5, 0.6) is 5.75 Å². The first-order valence-corrected chi connectivity index (χ1v) is 13.7. The Morgan fingerprint density at radius 2 is 1.92 bits per heavy atom. The number of halogens is 1. The van der Waals surface area contributed by atoms with Gasteiger partial charge in [0.1, 0.15) is 5.75 Å². The summed E-state index contributed by atoms with van der Waals surface area (Å²) in [6.45, 7) is 3.64. The molecular formula is C26H25ClN4O4S. The van der Waals surface area contributed by atoms with Gasteiger partial charge >= 0.3 is 0 Å². The molecule has 1 N–H and O–H groups in total. The lowest BCUT2D eigenvalue weighted by Gasteiger charge is -2.13. The topological polar surface area (TPSA) is 103 Å². The summed E-state index contributed by atoms with van der Waals surface area (Å²) in [6, 6.07) is 14.1. The number of hydrogen-bond donors (Lipinski definition) is 1. The molecule has 1 aliphatic heterocycles. The number of nitrogens with zero attached hydrogens (tertiary/aromatic N) is 3. The Morgan fingerprint density at radius 3 is 2.58 bits per heavy atom. The average Bonchev–Trinajstić information content (AvgIpc) is 3.40. The number of aromatic nitrogens is 3. The highest BCUT2D eigenvalue weighted by molar-refractivity contribution is 7.91. The molecule has 0 spiro atoms. The fraction of sp³-hybridized carbons (Fsp3) is 0.269. The highest BCUT2D eigenvalue weighted by atomic mass is 35.5. The quantitative estimate of drug-likeness (QED) is 0.394. The molecule has 0 radical (unpaired) electrons. The first kappa shape index (κ1) is 24.3.